The molecule has 6 heteroatoms. The maximum absolute atomic E-state index is 13.4. The van der Waals surface area contributed by atoms with Gasteiger partial charge in [0.25, 0.3) is 0 Å². The van der Waals surface area contributed by atoms with Crippen molar-refractivity contribution < 1.29 is 18.3 Å². The van der Waals surface area contributed by atoms with Crippen molar-refractivity contribution in [3.8, 4) is 0 Å². The number of hydrogen-bond acceptors (Lipinski definition) is 3. The first-order valence-corrected chi connectivity index (χ1v) is 6.10. The van der Waals surface area contributed by atoms with Crippen LogP contribution in [0, 0.1) is 11.6 Å². The Hall–Kier alpha value is -1.53. The lowest BCUT2D eigenvalue weighted by Crippen LogP contribution is -2.56. The van der Waals surface area contributed by atoms with Crippen molar-refractivity contribution in [1.82, 2.24) is 5.32 Å². The molecule has 1 aliphatic rings. The number of nitrogens with one attached hydrogen (secondary N) is 1. The Kier molecular flexibility index (Phi) is 4.11. The number of carbonyl (C=O) groups excluding carboxylic acids is 1. The second kappa shape index (κ2) is 5.63. The van der Waals surface area contributed by atoms with E-state index in [1.807, 2.05) is 0 Å². The second-order valence-electron chi connectivity index (χ2n) is 4.69. The molecule has 2 rings (SSSR count). The van der Waals surface area contributed by atoms with E-state index in [0.29, 0.717) is 26.1 Å². The SMILES string of the molecule is NC1(C(=O)NCc2ccc(F)cc2F)CCOCC1. The van der Waals surface area contributed by atoms with Gasteiger partial charge in [-0.25, -0.2) is 8.78 Å². The Morgan fingerprint density at radius 2 is 2.05 bits per heavy atom. The minimum absolute atomic E-state index is 0.00917. The normalized spacial score (nSPS) is 18.1. The van der Waals surface area contributed by atoms with Crippen LogP contribution in [0.15, 0.2) is 18.2 Å². The van der Waals surface area contributed by atoms with E-state index in [1.54, 1.807) is 0 Å². The van der Waals surface area contributed by atoms with Gasteiger partial charge in [0, 0.05) is 31.4 Å². The van der Waals surface area contributed by atoms with Crippen molar-refractivity contribution >= 4 is 5.91 Å². The first-order chi connectivity index (χ1) is 9.01. The van der Waals surface area contributed by atoms with Gasteiger partial charge in [-0.05, 0) is 18.9 Å². The molecule has 1 heterocycles. The predicted octanol–water partition coefficient (Wildman–Crippen LogP) is 1.09. The molecular weight excluding hydrogens is 254 g/mol. The van der Waals surface area contributed by atoms with Gasteiger partial charge in [-0.1, -0.05) is 6.07 Å². The number of amides is 1. The lowest BCUT2D eigenvalue weighted by molar-refractivity contribution is -0.129. The number of benzene rings is 1. The number of ether oxygens (including phenoxy) is 1. The lowest BCUT2D eigenvalue weighted by Gasteiger charge is -2.31. The number of carbonyl (C=O) groups is 1. The van der Waals surface area contributed by atoms with Crippen LogP contribution in [-0.4, -0.2) is 24.7 Å². The zero-order chi connectivity index (χ0) is 13.9. The van der Waals surface area contributed by atoms with E-state index < -0.39 is 17.2 Å². The third-order valence-electron chi connectivity index (χ3n) is 3.29. The second-order valence-corrected chi connectivity index (χ2v) is 4.69. The van der Waals surface area contributed by atoms with E-state index in [9.17, 15) is 13.6 Å². The van der Waals surface area contributed by atoms with Crippen LogP contribution in [0.4, 0.5) is 8.78 Å². The van der Waals surface area contributed by atoms with E-state index in [0.717, 1.165) is 12.1 Å². The van der Waals surface area contributed by atoms with Crippen LogP contribution < -0.4 is 11.1 Å². The quantitative estimate of drug-likeness (QED) is 0.864. The fourth-order valence-corrected chi connectivity index (χ4v) is 1.98. The van der Waals surface area contributed by atoms with Crippen molar-refractivity contribution in [2.75, 3.05) is 13.2 Å². The fraction of sp³-hybridized carbons (Fsp3) is 0.462. The highest BCUT2D eigenvalue weighted by atomic mass is 19.1. The zero-order valence-electron chi connectivity index (χ0n) is 10.4. The summed E-state index contributed by atoms with van der Waals surface area (Å²) in [7, 11) is 0. The number of nitrogens with two attached hydrogens (primary N) is 1. The van der Waals surface area contributed by atoms with Crippen molar-refractivity contribution in [1.29, 1.82) is 0 Å². The number of hydrogen-bond donors (Lipinski definition) is 2. The Morgan fingerprint density at radius 1 is 1.37 bits per heavy atom. The van der Waals surface area contributed by atoms with E-state index in [1.165, 1.54) is 6.07 Å². The van der Waals surface area contributed by atoms with Crippen LogP contribution in [0.5, 0.6) is 0 Å². The molecule has 1 fully saturated rings. The summed E-state index contributed by atoms with van der Waals surface area (Å²) in [5.74, 6) is -1.66. The van der Waals surface area contributed by atoms with Gasteiger partial charge in [0.05, 0.1) is 5.54 Å². The Bertz CT molecular complexity index is 474. The molecule has 0 radical (unpaired) electrons. The Morgan fingerprint density at radius 3 is 2.68 bits per heavy atom. The summed E-state index contributed by atoms with van der Waals surface area (Å²) in [5, 5.41) is 2.59. The Labute approximate surface area is 109 Å². The summed E-state index contributed by atoms with van der Waals surface area (Å²) in [4.78, 5) is 12.0. The smallest absolute Gasteiger partial charge is 0.240 e. The summed E-state index contributed by atoms with van der Waals surface area (Å²) in [6.45, 7) is 0.869. The monoisotopic (exact) mass is 270 g/mol. The van der Waals surface area contributed by atoms with Crippen molar-refractivity contribution in [2.24, 2.45) is 5.73 Å². The molecule has 1 aromatic rings. The van der Waals surface area contributed by atoms with Gasteiger partial charge in [-0.15, -0.1) is 0 Å². The molecule has 104 valence electrons. The van der Waals surface area contributed by atoms with E-state index in [4.69, 9.17) is 10.5 Å². The molecule has 1 aliphatic heterocycles. The van der Waals surface area contributed by atoms with Crippen molar-refractivity contribution in [3.63, 3.8) is 0 Å². The molecule has 1 amide bonds. The van der Waals surface area contributed by atoms with Gasteiger partial charge in [0.1, 0.15) is 11.6 Å². The maximum atomic E-state index is 13.4. The largest absolute Gasteiger partial charge is 0.381 e. The molecule has 1 saturated heterocycles. The van der Waals surface area contributed by atoms with Gasteiger partial charge in [0.2, 0.25) is 5.91 Å². The van der Waals surface area contributed by atoms with Crippen LogP contribution in [0.2, 0.25) is 0 Å². The van der Waals surface area contributed by atoms with Crippen LogP contribution >= 0.6 is 0 Å². The maximum Gasteiger partial charge on any atom is 0.240 e. The van der Waals surface area contributed by atoms with Crippen LogP contribution in [0.1, 0.15) is 18.4 Å². The predicted molar refractivity (Wildman–Crippen MR) is 65.2 cm³/mol. The third kappa shape index (κ3) is 3.27. The fourth-order valence-electron chi connectivity index (χ4n) is 1.98. The van der Waals surface area contributed by atoms with Crippen LogP contribution in [0.25, 0.3) is 0 Å². The summed E-state index contributed by atoms with van der Waals surface area (Å²) < 4.78 is 31.3. The molecule has 0 atom stereocenters. The highest BCUT2D eigenvalue weighted by Gasteiger charge is 2.35. The third-order valence-corrected chi connectivity index (χ3v) is 3.29. The highest BCUT2D eigenvalue weighted by Crippen LogP contribution is 2.18. The number of halogens is 2. The summed E-state index contributed by atoms with van der Waals surface area (Å²) in [6.07, 6.45) is 0.871. The van der Waals surface area contributed by atoms with E-state index in [2.05, 4.69) is 5.32 Å². The molecule has 0 saturated carbocycles. The molecule has 4 nitrogen and oxygen atoms in total. The summed E-state index contributed by atoms with van der Waals surface area (Å²) in [6, 6.07) is 3.24. The number of rotatable bonds is 3. The first kappa shape index (κ1) is 13.9. The lowest BCUT2D eigenvalue weighted by atomic mass is 9.90. The average molecular weight is 270 g/mol. The molecule has 0 aliphatic carbocycles. The highest BCUT2D eigenvalue weighted by molar-refractivity contribution is 5.86. The minimum atomic E-state index is -0.964. The molecule has 0 unspecified atom stereocenters. The zero-order valence-corrected chi connectivity index (χ0v) is 10.4. The first-order valence-electron chi connectivity index (χ1n) is 6.10. The van der Waals surface area contributed by atoms with Crippen LogP contribution in [-0.2, 0) is 16.1 Å². The van der Waals surface area contributed by atoms with Gasteiger partial charge in [-0.3, -0.25) is 4.79 Å². The van der Waals surface area contributed by atoms with Gasteiger partial charge in [-0.2, -0.15) is 0 Å². The molecular formula is C13H16F2N2O2. The van der Waals surface area contributed by atoms with Crippen molar-refractivity contribution in [3.05, 3.63) is 35.4 Å². The molecule has 0 spiro atoms. The van der Waals surface area contributed by atoms with Crippen molar-refractivity contribution in [2.45, 2.75) is 24.9 Å². The Balaban J connectivity index is 1.96. The van der Waals surface area contributed by atoms with E-state index in [-0.39, 0.29) is 18.0 Å². The molecule has 1 aromatic carbocycles. The molecule has 0 bridgehead atoms. The molecule has 0 aromatic heterocycles. The summed E-state index contributed by atoms with van der Waals surface area (Å²) in [5.41, 5.74) is 5.25. The van der Waals surface area contributed by atoms with Gasteiger partial charge >= 0.3 is 0 Å². The van der Waals surface area contributed by atoms with Crippen LogP contribution in [0.3, 0.4) is 0 Å². The van der Waals surface area contributed by atoms with Gasteiger partial charge < -0.3 is 15.8 Å². The standard InChI is InChI=1S/C13H16F2N2O2/c14-10-2-1-9(11(15)7-10)8-17-12(18)13(16)3-5-19-6-4-13/h1-2,7H,3-6,8,16H2,(H,17,18). The topological polar surface area (TPSA) is 64.4 Å². The minimum Gasteiger partial charge on any atom is -0.381 e. The summed E-state index contributed by atoms with van der Waals surface area (Å²) >= 11 is 0. The molecule has 19 heavy (non-hydrogen) atoms. The van der Waals surface area contributed by atoms with Gasteiger partial charge in [0.15, 0.2) is 0 Å². The molecule has 3 N–H and O–H groups in total. The average Bonchev–Trinajstić information content (AvgIpc) is 2.38. The van der Waals surface area contributed by atoms with E-state index >= 15 is 0 Å².